The number of nitrogens with zero attached hydrogens (tertiary/aromatic N) is 2. The molecule has 1 aliphatic rings. The summed E-state index contributed by atoms with van der Waals surface area (Å²) in [4.78, 5) is 29.3. The lowest BCUT2D eigenvalue weighted by atomic mass is 9.91. The number of aryl methyl sites for hydroxylation is 1. The van der Waals surface area contributed by atoms with Gasteiger partial charge in [-0.15, -0.1) is 0 Å². The zero-order chi connectivity index (χ0) is 22.7. The molecule has 2 heterocycles. The van der Waals surface area contributed by atoms with E-state index in [1.807, 2.05) is 35.6 Å². The van der Waals surface area contributed by atoms with Crippen LogP contribution in [-0.2, 0) is 9.53 Å². The van der Waals surface area contributed by atoms with Crippen LogP contribution in [-0.4, -0.2) is 47.0 Å². The van der Waals surface area contributed by atoms with Crippen molar-refractivity contribution < 1.29 is 14.3 Å². The maximum atomic E-state index is 12.8. The predicted molar refractivity (Wildman–Crippen MR) is 124 cm³/mol. The number of nitrogens with one attached hydrogen (secondary N) is 2. The number of nitrogens with two attached hydrogens (primary N) is 1. The van der Waals surface area contributed by atoms with Crippen LogP contribution in [0, 0.1) is 6.92 Å². The quantitative estimate of drug-likeness (QED) is 0.514. The number of ether oxygens (including phenoxy) is 1. The van der Waals surface area contributed by atoms with Gasteiger partial charge < -0.3 is 21.1 Å². The van der Waals surface area contributed by atoms with Crippen LogP contribution in [0.3, 0.4) is 0 Å². The van der Waals surface area contributed by atoms with Gasteiger partial charge in [0.05, 0.1) is 7.11 Å². The average molecular weight is 436 g/mol. The molecule has 0 spiro atoms. The highest BCUT2D eigenvalue weighted by molar-refractivity contribution is 5.95. The van der Waals surface area contributed by atoms with E-state index in [2.05, 4.69) is 10.6 Å². The molecule has 168 valence electrons. The summed E-state index contributed by atoms with van der Waals surface area (Å²) < 4.78 is 6.61. The van der Waals surface area contributed by atoms with Crippen molar-refractivity contribution in [3.63, 3.8) is 0 Å². The summed E-state index contributed by atoms with van der Waals surface area (Å²) in [5.74, 6) is 0.180. The number of anilines is 1. The van der Waals surface area contributed by atoms with Gasteiger partial charge in [-0.1, -0.05) is 23.8 Å². The van der Waals surface area contributed by atoms with Crippen LogP contribution in [0.2, 0.25) is 0 Å². The SMILES string of the molecule is COC(=O)CNc1c(-c2cccc(C)c2)nc2cc(C(=O)NC3CCC(N)CC3)ccn12. The molecular weight excluding hydrogens is 406 g/mol. The molecule has 3 aromatic rings. The fourth-order valence-corrected chi connectivity index (χ4v) is 4.11. The van der Waals surface area contributed by atoms with E-state index in [-0.39, 0.29) is 30.5 Å². The van der Waals surface area contributed by atoms with Crippen LogP contribution >= 0.6 is 0 Å². The molecule has 8 heteroatoms. The molecule has 0 bridgehead atoms. The third kappa shape index (κ3) is 4.75. The van der Waals surface area contributed by atoms with Gasteiger partial charge in [-0.2, -0.15) is 0 Å². The van der Waals surface area contributed by atoms with Gasteiger partial charge in [-0.25, -0.2) is 4.98 Å². The molecule has 8 nitrogen and oxygen atoms in total. The molecule has 1 amide bonds. The van der Waals surface area contributed by atoms with Gasteiger partial charge in [0.15, 0.2) is 0 Å². The largest absolute Gasteiger partial charge is 0.468 e. The van der Waals surface area contributed by atoms with E-state index in [1.165, 1.54) is 7.11 Å². The summed E-state index contributed by atoms with van der Waals surface area (Å²) in [6.07, 6.45) is 5.46. The highest BCUT2D eigenvalue weighted by Gasteiger charge is 2.22. The van der Waals surface area contributed by atoms with Gasteiger partial charge in [0.1, 0.15) is 23.7 Å². The standard InChI is InChI=1S/C24H29N5O3/c1-15-4-3-5-16(12-15)22-23(26-14-21(30)32-2)29-11-10-17(13-20(29)28-22)24(31)27-19-8-6-18(25)7-9-19/h3-5,10-13,18-19,26H,6-9,14,25H2,1-2H3,(H,27,31). The van der Waals surface area contributed by atoms with E-state index in [4.69, 9.17) is 15.5 Å². The van der Waals surface area contributed by atoms with Crippen LogP contribution in [0.25, 0.3) is 16.9 Å². The molecule has 1 fully saturated rings. The Morgan fingerprint density at radius 3 is 2.69 bits per heavy atom. The van der Waals surface area contributed by atoms with E-state index in [0.717, 1.165) is 36.8 Å². The second-order valence-corrected chi connectivity index (χ2v) is 8.34. The molecule has 2 aromatic heterocycles. The third-order valence-electron chi connectivity index (χ3n) is 5.91. The number of hydrogen-bond acceptors (Lipinski definition) is 6. The molecule has 0 saturated heterocycles. The molecule has 32 heavy (non-hydrogen) atoms. The zero-order valence-electron chi connectivity index (χ0n) is 18.4. The molecule has 4 N–H and O–H groups in total. The van der Waals surface area contributed by atoms with Crippen molar-refractivity contribution in [2.45, 2.75) is 44.7 Å². The first-order valence-electron chi connectivity index (χ1n) is 10.9. The molecule has 1 aliphatic carbocycles. The highest BCUT2D eigenvalue weighted by Crippen LogP contribution is 2.30. The summed E-state index contributed by atoms with van der Waals surface area (Å²) in [6.45, 7) is 2.02. The number of amides is 1. The molecule has 0 unspecified atom stereocenters. The van der Waals surface area contributed by atoms with E-state index in [0.29, 0.717) is 22.7 Å². The zero-order valence-corrected chi connectivity index (χ0v) is 18.4. The summed E-state index contributed by atoms with van der Waals surface area (Å²) in [6, 6.07) is 11.9. The van der Waals surface area contributed by atoms with Gasteiger partial charge >= 0.3 is 5.97 Å². The van der Waals surface area contributed by atoms with E-state index in [1.54, 1.807) is 18.3 Å². The Kier molecular flexibility index (Phi) is 6.41. The first-order valence-corrected chi connectivity index (χ1v) is 10.9. The fourth-order valence-electron chi connectivity index (χ4n) is 4.11. The van der Waals surface area contributed by atoms with E-state index < -0.39 is 0 Å². The van der Waals surface area contributed by atoms with Crippen molar-refractivity contribution in [2.75, 3.05) is 19.0 Å². The molecule has 0 aliphatic heterocycles. The summed E-state index contributed by atoms with van der Waals surface area (Å²) in [7, 11) is 1.35. The second-order valence-electron chi connectivity index (χ2n) is 8.34. The topological polar surface area (TPSA) is 111 Å². The van der Waals surface area contributed by atoms with Crippen LogP contribution in [0.5, 0.6) is 0 Å². The summed E-state index contributed by atoms with van der Waals surface area (Å²) in [5.41, 5.74) is 9.86. The highest BCUT2D eigenvalue weighted by atomic mass is 16.5. The number of benzene rings is 1. The van der Waals surface area contributed by atoms with E-state index >= 15 is 0 Å². The Morgan fingerprint density at radius 2 is 1.97 bits per heavy atom. The Balaban J connectivity index is 1.65. The first kappa shape index (κ1) is 21.8. The van der Waals surface area contributed by atoms with Crippen molar-refractivity contribution in [3.8, 4) is 11.3 Å². The maximum absolute atomic E-state index is 12.8. The lowest BCUT2D eigenvalue weighted by molar-refractivity contribution is -0.138. The van der Waals surface area contributed by atoms with Gasteiger partial charge in [-0.3, -0.25) is 14.0 Å². The molecule has 0 radical (unpaired) electrons. The normalized spacial score (nSPS) is 18.3. The van der Waals surface area contributed by atoms with Gasteiger partial charge in [0.25, 0.3) is 5.91 Å². The summed E-state index contributed by atoms with van der Waals surface area (Å²) >= 11 is 0. The number of carbonyl (C=O) groups excluding carboxylic acids is 2. The van der Waals surface area contributed by atoms with Crippen LogP contribution in [0.1, 0.15) is 41.6 Å². The number of rotatable bonds is 6. The predicted octanol–water partition coefficient (Wildman–Crippen LogP) is 2.89. The number of aromatic nitrogens is 2. The third-order valence-corrected chi connectivity index (χ3v) is 5.91. The minimum absolute atomic E-state index is 0.00909. The smallest absolute Gasteiger partial charge is 0.325 e. The van der Waals surface area contributed by atoms with Gasteiger partial charge in [0, 0.05) is 29.4 Å². The van der Waals surface area contributed by atoms with Crippen LogP contribution < -0.4 is 16.4 Å². The van der Waals surface area contributed by atoms with Crippen LogP contribution in [0.4, 0.5) is 5.82 Å². The number of pyridine rings is 1. The fraction of sp³-hybridized carbons (Fsp3) is 0.375. The Bertz CT molecular complexity index is 1130. The van der Waals surface area contributed by atoms with E-state index in [9.17, 15) is 9.59 Å². The van der Waals surface area contributed by atoms with Crippen molar-refractivity contribution in [3.05, 3.63) is 53.7 Å². The second kappa shape index (κ2) is 9.40. The van der Waals surface area contributed by atoms with Crippen molar-refractivity contribution >= 4 is 23.3 Å². The number of methoxy groups -OCH3 is 1. The number of imidazole rings is 1. The Hall–Kier alpha value is -3.39. The Morgan fingerprint density at radius 1 is 1.19 bits per heavy atom. The van der Waals surface area contributed by atoms with Gasteiger partial charge in [-0.05, 0) is 50.8 Å². The lowest BCUT2D eigenvalue weighted by Crippen LogP contribution is -2.40. The number of fused-ring (bicyclic) bond motifs is 1. The molecule has 4 rings (SSSR count). The van der Waals surface area contributed by atoms with Crippen molar-refractivity contribution in [1.82, 2.24) is 14.7 Å². The molecule has 0 atom stereocenters. The number of esters is 1. The Labute approximate surface area is 187 Å². The molecule has 1 saturated carbocycles. The minimum atomic E-state index is -0.377. The average Bonchev–Trinajstić information content (AvgIpc) is 3.16. The van der Waals surface area contributed by atoms with Crippen molar-refractivity contribution in [1.29, 1.82) is 0 Å². The summed E-state index contributed by atoms with van der Waals surface area (Å²) in [5, 5.41) is 6.26. The lowest BCUT2D eigenvalue weighted by Gasteiger charge is -2.26. The molecule has 1 aromatic carbocycles. The van der Waals surface area contributed by atoms with Crippen molar-refractivity contribution in [2.24, 2.45) is 5.73 Å². The number of hydrogen-bond donors (Lipinski definition) is 3. The monoisotopic (exact) mass is 435 g/mol. The first-order chi connectivity index (χ1) is 15.4. The minimum Gasteiger partial charge on any atom is -0.468 e. The van der Waals surface area contributed by atoms with Crippen LogP contribution in [0.15, 0.2) is 42.6 Å². The maximum Gasteiger partial charge on any atom is 0.325 e. The van der Waals surface area contributed by atoms with Gasteiger partial charge in [0.2, 0.25) is 0 Å². The molecular formula is C24H29N5O3. The number of carbonyl (C=O) groups is 2.